The molecule has 1 N–H and O–H groups in total. The van der Waals surface area contributed by atoms with E-state index in [0.29, 0.717) is 12.3 Å². The Morgan fingerprint density at radius 2 is 2.40 bits per heavy atom. The number of methoxy groups -OCH3 is 1. The van der Waals surface area contributed by atoms with E-state index >= 15 is 0 Å². The van der Waals surface area contributed by atoms with Crippen LogP contribution in [0.25, 0.3) is 0 Å². The van der Waals surface area contributed by atoms with E-state index in [1.54, 1.807) is 13.4 Å². The maximum atomic E-state index is 10.7. The highest BCUT2D eigenvalue weighted by atomic mass is 16.5. The Morgan fingerprint density at radius 1 is 1.60 bits per heavy atom. The van der Waals surface area contributed by atoms with Gasteiger partial charge < -0.3 is 9.84 Å². The third-order valence-corrected chi connectivity index (χ3v) is 4.51. The van der Waals surface area contributed by atoms with Crippen molar-refractivity contribution in [2.24, 2.45) is 5.92 Å². The quantitative estimate of drug-likeness (QED) is 0.868. The van der Waals surface area contributed by atoms with Gasteiger partial charge in [0.25, 0.3) is 0 Å². The number of aliphatic hydroxyl groups is 1. The SMILES string of the molecule is CCCn1ncnc1CC(O)C1(OC)CCCC(C)C1. The summed E-state index contributed by atoms with van der Waals surface area (Å²) in [6.45, 7) is 5.19. The zero-order valence-corrected chi connectivity index (χ0v) is 12.9. The molecule has 5 heteroatoms. The number of nitrogens with zero attached hydrogens (tertiary/aromatic N) is 3. The minimum absolute atomic E-state index is 0.416. The second kappa shape index (κ2) is 6.68. The molecular weight excluding hydrogens is 254 g/mol. The van der Waals surface area contributed by atoms with Gasteiger partial charge in [0.15, 0.2) is 0 Å². The lowest BCUT2D eigenvalue weighted by Gasteiger charge is -2.42. The van der Waals surface area contributed by atoms with E-state index in [1.165, 1.54) is 6.42 Å². The Hall–Kier alpha value is -0.940. The molecule has 1 aliphatic carbocycles. The lowest BCUT2D eigenvalue weighted by molar-refractivity contribution is -0.131. The van der Waals surface area contributed by atoms with Crippen molar-refractivity contribution in [3.8, 4) is 0 Å². The summed E-state index contributed by atoms with van der Waals surface area (Å²) in [5.41, 5.74) is -0.416. The van der Waals surface area contributed by atoms with Gasteiger partial charge in [0.2, 0.25) is 0 Å². The Labute approximate surface area is 121 Å². The summed E-state index contributed by atoms with van der Waals surface area (Å²) in [6.07, 6.45) is 6.77. The van der Waals surface area contributed by atoms with Gasteiger partial charge in [-0.3, -0.25) is 4.68 Å². The van der Waals surface area contributed by atoms with E-state index in [9.17, 15) is 5.11 Å². The van der Waals surface area contributed by atoms with Crippen molar-refractivity contribution in [3.63, 3.8) is 0 Å². The predicted molar refractivity (Wildman–Crippen MR) is 77.4 cm³/mol. The van der Waals surface area contributed by atoms with Crippen LogP contribution in [0, 0.1) is 5.92 Å². The van der Waals surface area contributed by atoms with Crippen molar-refractivity contribution in [3.05, 3.63) is 12.2 Å². The summed E-state index contributed by atoms with van der Waals surface area (Å²) in [6, 6.07) is 0. The van der Waals surface area contributed by atoms with Crippen LogP contribution in [0.15, 0.2) is 6.33 Å². The fourth-order valence-electron chi connectivity index (χ4n) is 3.37. The van der Waals surface area contributed by atoms with Crippen molar-refractivity contribution in [1.82, 2.24) is 14.8 Å². The number of aryl methyl sites for hydroxylation is 1. The van der Waals surface area contributed by atoms with Crippen LogP contribution in [0.4, 0.5) is 0 Å². The lowest BCUT2D eigenvalue weighted by atomic mass is 9.75. The molecule has 0 aliphatic heterocycles. The van der Waals surface area contributed by atoms with Crippen LogP contribution in [-0.2, 0) is 17.7 Å². The Morgan fingerprint density at radius 3 is 3.05 bits per heavy atom. The minimum Gasteiger partial charge on any atom is -0.390 e. The summed E-state index contributed by atoms with van der Waals surface area (Å²) in [7, 11) is 1.72. The molecule has 114 valence electrons. The first-order valence-electron chi connectivity index (χ1n) is 7.71. The summed E-state index contributed by atoms with van der Waals surface area (Å²) in [5, 5.41) is 14.9. The molecule has 0 radical (unpaired) electrons. The van der Waals surface area contributed by atoms with Gasteiger partial charge in [0, 0.05) is 20.1 Å². The molecule has 1 heterocycles. The van der Waals surface area contributed by atoms with Crippen LogP contribution < -0.4 is 0 Å². The fraction of sp³-hybridized carbons (Fsp3) is 0.867. The van der Waals surface area contributed by atoms with Crippen molar-refractivity contribution >= 4 is 0 Å². The highest BCUT2D eigenvalue weighted by molar-refractivity contribution is 4.99. The lowest BCUT2D eigenvalue weighted by Crippen LogP contribution is -2.48. The number of hydrogen-bond donors (Lipinski definition) is 1. The van der Waals surface area contributed by atoms with E-state index in [-0.39, 0.29) is 0 Å². The van der Waals surface area contributed by atoms with Crippen LogP contribution in [0.2, 0.25) is 0 Å². The molecule has 3 unspecified atom stereocenters. The van der Waals surface area contributed by atoms with E-state index < -0.39 is 11.7 Å². The standard InChI is InChI=1S/C15H27N3O2/c1-4-8-18-14(16-11-17-18)9-13(19)15(20-3)7-5-6-12(2)10-15/h11-13,19H,4-10H2,1-3H3. The summed E-state index contributed by atoms with van der Waals surface area (Å²) < 4.78 is 7.64. The predicted octanol–water partition coefficient (Wildman–Crippen LogP) is 2.19. The van der Waals surface area contributed by atoms with Crippen LogP contribution in [0.3, 0.4) is 0 Å². The Balaban J connectivity index is 2.08. The van der Waals surface area contributed by atoms with Crippen LogP contribution >= 0.6 is 0 Å². The van der Waals surface area contributed by atoms with Crippen LogP contribution in [0.5, 0.6) is 0 Å². The van der Waals surface area contributed by atoms with Crippen molar-refractivity contribution in [1.29, 1.82) is 0 Å². The molecule has 0 spiro atoms. The molecule has 20 heavy (non-hydrogen) atoms. The average Bonchev–Trinajstić information content (AvgIpc) is 2.86. The molecule has 3 atom stereocenters. The first kappa shape index (κ1) is 15.4. The third-order valence-electron chi connectivity index (χ3n) is 4.51. The van der Waals surface area contributed by atoms with E-state index in [1.807, 2.05) is 4.68 Å². The monoisotopic (exact) mass is 281 g/mol. The zero-order valence-electron chi connectivity index (χ0n) is 12.9. The minimum atomic E-state index is -0.518. The smallest absolute Gasteiger partial charge is 0.138 e. The summed E-state index contributed by atoms with van der Waals surface area (Å²) in [5.74, 6) is 1.46. The molecule has 1 fully saturated rings. The molecule has 1 aliphatic rings. The van der Waals surface area contributed by atoms with Gasteiger partial charge >= 0.3 is 0 Å². The number of rotatable bonds is 6. The molecule has 0 bridgehead atoms. The van der Waals surface area contributed by atoms with Crippen LogP contribution in [0.1, 0.15) is 51.8 Å². The zero-order chi connectivity index (χ0) is 14.6. The van der Waals surface area contributed by atoms with Crippen molar-refractivity contribution in [2.75, 3.05) is 7.11 Å². The number of hydrogen-bond acceptors (Lipinski definition) is 4. The fourth-order valence-corrected chi connectivity index (χ4v) is 3.37. The maximum absolute atomic E-state index is 10.7. The van der Waals surface area contributed by atoms with Gasteiger partial charge in [-0.05, 0) is 25.2 Å². The van der Waals surface area contributed by atoms with Gasteiger partial charge in [0.05, 0.1) is 11.7 Å². The van der Waals surface area contributed by atoms with E-state index in [2.05, 4.69) is 23.9 Å². The maximum Gasteiger partial charge on any atom is 0.138 e. The topological polar surface area (TPSA) is 60.2 Å². The summed E-state index contributed by atoms with van der Waals surface area (Å²) in [4.78, 5) is 4.29. The second-order valence-corrected chi connectivity index (χ2v) is 6.09. The molecule has 1 saturated carbocycles. The molecule has 2 rings (SSSR count). The van der Waals surface area contributed by atoms with E-state index in [0.717, 1.165) is 38.1 Å². The molecule has 5 nitrogen and oxygen atoms in total. The van der Waals surface area contributed by atoms with Crippen LogP contribution in [-0.4, -0.2) is 38.7 Å². The molecule has 0 amide bonds. The first-order chi connectivity index (χ1) is 9.61. The number of aliphatic hydroxyl groups excluding tert-OH is 1. The van der Waals surface area contributed by atoms with Gasteiger partial charge in [-0.25, -0.2) is 4.98 Å². The van der Waals surface area contributed by atoms with E-state index in [4.69, 9.17) is 4.74 Å². The molecule has 0 aromatic carbocycles. The van der Waals surface area contributed by atoms with Crippen molar-refractivity contribution in [2.45, 2.75) is 70.6 Å². The van der Waals surface area contributed by atoms with Gasteiger partial charge in [-0.2, -0.15) is 5.10 Å². The molecule has 1 aromatic rings. The van der Waals surface area contributed by atoms with Gasteiger partial charge in [-0.15, -0.1) is 0 Å². The van der Waals surface area contributed by atoms with Crippen molar-refractivity contribution < 1.29 is 9.84 Å². The second-order valence-electron chi connectivity index (χ2n) is 6.09. The van der Waals surface area contributed by atoms with Gasteiger partial charge in [0.1, 0.15) is 12.2 Å². The average molecular weight is 281 g/mol. The normalized spacial score (nSPS) is 28.5. The number of aromatic nitrogens is 3. The Bertz CT molecular complexity index is 421. The molecular formula is C15H27N3O2. The number of ether oxygens (including phenoxy) is 1. The highest BCUT2D eigenvalue weighted by Gasteiger charge is 2.41. The highest BCUT2D eigenvalue weighted by Crippen LogP contribution is 2.38. The third kappa shape index (κ3) is 3.20. The van der Waals surface area contributed by atoms with Gasteiger partial charge in [-0.1, -0.05) is 26.7 Å². The Kier molecular flexibility index (Phi) is 5.16. The largest absolute Gasteiger partial charge is 0.390 e. The molecule has 0 saturated heterocycles. The first-order valence-corrected chi connectivity index (χ1v) is 7.71. The summed E-state index contributed by atoms with van der Waals surface area (Å²) >= 11 is 0. The molecule has 1 aromatic heterocycles.